The molecule has 1 unspecified atom stereocenters. The fourth-order valence-corrected chi connectivity index (χ4v) is 4.45. The van der Waals surface area contributed by atoms with Gasteiger partial charge >= 0.3 is 0 Å². The van der Waals surface area contributed by atoms with Crippen molar-refractivity contribution in [2.45, 2.75) is 12.6 Å². The van der Waals surface area contributed by atoms with Crippen molar-refractivity contribution in [3.8, 4) is 5.75 Å². The Hall–Kier alpha value is -1.98. The first-order valence-electron chi connectivity index (χ1n) is 9.17. The van der Waals surface area contributed by atoms with Crippen LogP contribution in [0.1, 0.15) is 17.2 Å². The minimum absolute atomic E-state index is 0.0652. The standard InChI is InChI=1S/C21H24N2O2S/c24-21(23-10-12-26-13-11-23)16-22-14-18-8-4-5-9-19(18)25-20(15-22)17-6-2-1-3-7-17/h1-9,20H,10-16H2. The Morgan fingerprint density at radius 1 is 1.04 bits per heavy atom. The molecule has 2 heterocycles. The van der Waals surface area contributed by atoms with Crippen molar-refractivity contribution in [1.82, 2.24) is 9.80 Å². The van der Waals surface area contributed by atoms with Crippen LogP contribution in [-0.4, -0.2) is 53.4 Å². The molecule has 0 aliphatic carbocycles. The van der Waals surface area contributed by atoms with E-state index in [1.807, 2.05) is 53.1 Å². The average molecular weight is 369 g/mol. The van der Waals surface area contributed by atoms with E-state index in [4.69, 9.17) is 4.74 Å². The molecule has 0 spiro atoms. The van der Waals surface area contributed by atoms with Gasteiger partial charge in [0.05, 0.1) is 6.54 Å². The molecule has 26 heavy (non-hydrogen) atoms. The molecule has 0 bridgehead atoms. The van der Waals surface area contributed by atoms with Crippen LogP contribution in [0.3, 0.4) is 0 Å². The fraction of sp³-hybridized carbons (Fsp3) is 0.381. The number of carbonyl (C=O) groups is 1. The van der Waals surface area contributed by atoms with E-state index < -0.39 is 0 Å². The molecule has 5 heteroatoms. The summed E-state index contributed by atoms with van der Waals surface area (Å²) in [6.45, 7) is 3.64. The van der Waals surface area contributed by atoms with E-state index in [0.29, 0.717) is 13.1 Å². The van der Waals surface area contributed by atoms with Crippen molar-refractivity contribution in [3.05, 3.63) is 65.7 Å². The molecule has 0 aromatic heterocycles. The maximum Gasteiger partial charge on any atom is 0.236 e. The summed E-state index contributed by atoms with van der Waals surface area (Å²) in [5.74, 6) is 3.25. The second-order valence-corrected chi connectivity index (χ2v) is 8.01. The van der Waals surface area contributed by atoms with Gasteiger partial charge in [-0.05, 0) is 11.6 Å². The summed E-state index contributed by atoms with van der Waals surface area (Å²) in [5, 5.41) is 0. The summed E-state index contributed by atoms with van der Waals surface area (Å²) in [7, 11) is 0. The normalized spacial score (nSPS) is 20.8. The Bertz CT molecular complexity index is 747. The van der Waals surface area contributed by atoms with Gasteiger partial charge < -0.3 is 9.64 Å². The highest BCUT2D eigenvalue weighted by molar-refractivity contribution is 7.99. The molecule has 1 amide bonds. The number of hydrogen-bond acceptors (Lipinski definition) is 4. The Balaban J connectivity index is 1.54. The van der Waals surface area contributed by atoms with Crippen LogP contribution < -0.4 is 4.74 Å². The van der Waals surface area contributed by atoms with Crippen molar-refractivity contribution in [2.24, 2.45) is 0 Å². The second-order valence-electron chi connectivity index (χ2n) is 6.79. The van der Waals surface area contributed by atoms with Crippen LogP contribution in [0.2, 0.25) is 0 Å². The number of amides is 1. The Labute approximate surface area is 159 Å². The van der Waals surface area contributed by atoms with Crippen LogP contribution in [0, 0.1) is 0 Å². The third-order valence-electron chi connectivity index (χ3n) is 4.95. The van der Waals surface area contributed by atoms with E-state index >= 15 is 0 Å². The fourth-order valence-electron chi connectivity index (χ4n) is 3.55. The molecule has 2 aromatic rings. The number of thioether (sulfide) groups is 1. The van der Waals surface area contributed by atoms with E-state index in [1.54, 1.807) is 0 Å². The number of hydrogen-bond donors (Lipinski definition) is 0. The van der Waals surface area contributed by atoms with Crippen molar-refractivity contribution < 1.29 is 9.53 Å². The van der Waals surface area contributed by atoms with Gasteiger partial charge in [0.25, 0.3) is 0 Å². The molecular formula is C21H24N2O2S. The van der Waals surface area contributed by atoms with Gasteiger partial charge in [-0.15, -0.1) is 0 Å². The lowest BCUT2D eigenvalue weighted by atomic mass is 10.1. The zero-order chi connectivity index (χ0) is 17.8. The van der Waals surface area contributed by atoms with E-state index in [2.05, 4.69) is 23.1 Å². The van der Waals surface area contributed by atoms with Gasteiger partial charge in [0.2, 0.25) is 5.91 Å². The maximum absolute atomic E-state index is 12.8. The lowest BCUT2D eigenvalue weighted by Crippen LogP contribution is -2.44. The van der Waals surface area contributed by atoms with Gasteiger partial charge in [-0.1, -0.05) is 48.5 Å². The molecule has 0 radical (unpaired) electrons. The molecule has 1 fully saturated rings. The first kappa shape index (κ1) is 17.4. The number of para-hydroxylation sites is 1. The topological polar surface area (TPSA) is 32.8 Å². The molecule has 2 aliphatic heterocycles. The molecular weight excluding hydrogens is 344 g/mol. The van der Waals surface area contributed by atoms with Gasteiger partial charge in [0.1, 0.15) is 11.9 Å². The Morgan fingerprint density at radius 3 is 2.58 bits per heavy atom. The quantitative estimate of drug-likeness (QED) is 0.833. The predicted octanol–water partition coefficient (Wildman–Crippen LogP) is 3.20. The summed E-state index contributed by atoms with van der Waals surface area (Å²) in [5.41, 5.74) is 2.30. The van der Waals surface area contributed by atoms with Crippen LogP contribution in [-0.2, 0) is 11.3 Å². The molecule has 4 nitrogen and oxygen atoms in total. The molecule has 0 N–H and O–H groups in total. The third kappa shape index (κ3) is 4.05. The number of benzene rings is 2. The maximum atomic E-state index is 12.8. The lowest BCUT2D eigenvalue weighted by Gasteiger charge is -2.30. The molecule has 136 valence electrons. The number of ether oxygens (including phenoxy) is 1. The number of rotatable bonds is 3. The van der Waals surface area contributed by atoms with Gasteiger partial charge in [-0.25, -0.2) is 0 Å². The summed E-state index contributed by atoms with van der Waals surface area (Å²) in [4.78, 5) is 17.0. The molecule has 1 atom stereocenters. The minimum atomic E-state index is -0.0652. The predicted molar refractivity (Wildman–Crippen MR) is 105 cm³/mol. The van der Waals surface area contributed by atoms with Gasteiger partial charge in [0, 0.05) is 43.2 Å². The number of carbonyl (C=O) groups excluding carboxylic acids is 1. The molecule has 0 saturated carbocycles. The second kappa shape index (κ2) is 8.14. The van der Waals surface area contributed by atoms with Crippen LogP contribution in [0.25, 0.3) is 0 Å². The SMILES string of the molecule is O=C(CN1Cc2ccccc2OC(c2ccccc2)C1)N1CCSCC1. The molecule has 4 rings (SSSR count). The lowest BCUT2D eigenvalue weighted by molar-refractivity contribution is -0.132. The largest absolute Gasteiger partial charge is 0.484 e. The van der Waals surface area contributed by atoms with E-state index in [0.717, 1.165) is 48.0 Å². The van der Waals surface area contributed by atoms with Crippen LogP contribution in [0.5, 0.6) is 5.75 Å². The summed E-state index contributed by atoms with van der Waals surface area (Å²) in [6.07, 6.45) is -0.0652. The monoisotopic (exact) mass is 368 g/mol. The highest BCUT2D eigenvalue weighted by atomic mass is 32.2. The van der Waals surface area contributed by atoms with Gasteiger partial charge in [0.15, 0.2) is 0 Å². The zero-order valence-corrected chi connectivity index (χ0v) is 15.7. The Kier molecular flexibility index (Phi) is 5.46. The van der Waals surface area contributed by atoms with Gasteiger partial charge in [-0.3, -0.25) is 9.69 Å². The van der Waals surface area contributed by atoms with E-state index in [1.165, 1.54) is 0 Å². The van der Waals surface area contributed by atoms with Gasteiger partial charge in [-0.2, -0.15) is 11.8 Å². The van der Waals surface area contributed by atoms with Crippen molar-refractivity contribution >= 4 is 17.7 Å². The molecule has 2 aliphatic rings. The van der Waals surface area contributed by atoms with Crippen molar-refractivity contribution in [2.75, 3.05) is 37.7 Å². The van der Waals surface area contributed by atoms with Crippen LogP contribution in [0.4, 0.5) is 0 Å². The van der Waals surface area contributed by atoms with Crippen molar-refractivity contribution in [1.29, 1.82) is 0 Å². The van der Waals surface area contributed by atoms with Crippen LogP contribution >= 0.6 is 11.8 Å². The van der Waals surface area contributed by atoms with E-state index in [-0.39, 0.29) is 12.0 Å². The number of nitrogens with zero attached hydrogens (tertiary/aromatic N) is 2. The minimum Gasteiger partial charge on any atom is -0.484 e. The average Bonchev–Trinajstić information content (AvgIpc) is 2.88. The van der Waals surface area contributed by atoms with Crippen molar-refractivity contribution in [3.63, 3.8) is 0 Å². The smallest absolute Gasteiger partial charge is 0.236 e. The highest BCUT2D eigenvalue weighted by Gasteiger charge is 2.27. The first-order chi connectivity index (χ1) is 12.8. The molecule has 1 saturated heterocycles. The molecule has 2 aromatic carbocycles. The first-order valence-corrected chi connectivity index (χ1v) is 10.3. The summed E-state index contributed by atoms with van der Waals surface area (Å²) in [6, 6.07) is 18.5. The third-order valence-corrected chi connectivity index (χ3v) is 5.90. The Morgan fingerprint density at radius 2 is 1.77 bits per heavy atom. The number of fused-ring (bicyclic) bond motifs is 1. The summed E-state index contributed by atoms with van der Waals surface area (Å²) >= 11 is 1.93. The highest BCUT2D eigenvalue weighted by Crippen LogP contribution is 2.31. The summed E-state index contributed by atoms with van der Waals surface area (Å²) < 4.78 is 6.33. The zero-order valence-electron chi connectivity index (χ0n) is 14.8. The van der Waals surface area contributed by atoms with E-state index in [9.17, 15) is 4.79 Å². The van der Waals surface area contributed by atoms with Crippen LogP contribution in [0.15, 0.2) is 54.6 Å².